The molecule has 0 radical (unpaired) electrons. The van der Waals surface area contributed by atoms with Gasteiger partial charge in [0, 0.05) is 33.2 Å². The van der Waals surface area contributed by atoms with Crippen molar-refractivity contribution in [2.75, 3.05) is 39.8 Å². The van der Waals surface area contributed by atoms with Gasteiger partial charge in [0.25, 0.3) is 0 Å². The molecule has 0 amide bonds. The lowest BCUT2D eigenvalue weighted by molar-refractivity contribution is 0.159. The molecule has 1 unspecified atom stereocenters. The minimum absolute atomic E-state index is 0. The number of rotatable bonds is 6. The van der Waals surface area contributed by atoms with Gasteiger partial charge in [0.05, 0.1) is 0 Å². The van der Waals surface area contributed by atoms with Gasteiger partial charge in [-0.2, -0.15) is 0 Å². The summed E-state index contributed by atoms with van der Waals surface area (Å²) in [5, 5.41) is 6.79. The van der Waals surface area contributed by atoms with Crippen molar-refractivity contribution in [3.8, 4) is 0 Å². The van der Waals surface area contributed by atoms with Crippen LogP contribution in [-0.4, -0.2) is 50.6 Å². The molecule has 120 valence electrons. The van der Waals surface area contributed by atoms with Crippen LogP contribution >= 0.6 is 24.0 Å². The minimum Gasteiger partial charge on any atom is -0.356 e. The highest BCUT2D eigenvalue weighted by Gasteiger charge is 2.20. The maximum atomic E-state index is 4.26. The summed E-state index contributed by atoms with van der Waals surface area (Å²) in [5.41, 5.74) is 0. The number of hydrogen-bond acceptors (Lipinski definition) is 2. The Hall–Kier alpha value is -0.0400. The Balaban J connectivity index is 0.00000361. The summed E-state index contributed by atoms with van der Waals surface area (Å²) in [5.74, 6) is 2.47. The molecule has 1 aliphatic rings. The fourth-order valence-electron chi connectivity index (χ4n) is 2.71. The molecule has 1 atom stereocenters. The maximum absolute atomic E-state index is 4.26. The van der Waals surface area contributed by atoms with Crippen LogP contribution in [0.3, 0.4) is 0 Å². The summed E-state index contributed by atoms with van der Waals surface area (Å²) < 4.78 is 0. The number of nitrogens with one attached hydrogen (secondary N) is 2. The van der Waals surface area contributed by atoms with Crippen LogP contribution in [0, 0.1) is 11.8 Å². The van der Waals surface area contributed by atoms with Crippen LogP contribution in [0.2, 0.25) is 0 Å². The Bertz CT molecular complexity index is 269. The molecule has 0 aliphatic carbocycles. The van der Waals surface area contributed by atoms with E-state index in [9.17, 15) is 0 Å². The normalized spacial score (nSPS) is 20.6. The van der Waals surface area contributed by atoms with Crippen molar-refractivity contribution in [3.63, 3.8) is 0 Å². The zero-order valence-electron chi connectivity index (χ0n) is 13.6. The van der Waals surface area contributed by atoms with Crippen molar-refractivity contribution in [2.24, 2.45) is 16.8 Å². The number of aliphatic imine (C=N–C) groups is 1. The molecule has 1 saturated heterocycles. The van der Waals surface area contributed by atoms with E-state index >= 15 is 0 Å². The van der Waals surface area contributed by atoms with Crippen molar-refractivity contribution >= 4 is 29.9 Å². The van der Waals surface area contributed by atoms with E-state index in [0.29, 0.717) is 0 Å². The number of hydrogen-bond donors (Lipinski definition) is 2. The van der Waals surface area contributed by atoms with Crippen molar-refractivity contribution in [1.29, 1.82) is 0 Å². The zero-order valence-corrected chi connectivity index (χ0v) is 15.9. The number of guanidine groups is 1. The van der Waals surface area contributed by atoms with Crippen LogP contribution in [0.25, 0.3) is 0 Å². The second-order valence-electron chi connectivity index (χ2n) is 6.04. The lowest BCUT2D eigenvalue weighted by atomic mass is 9.97. The van der Waals surface area contributed by atoms with Gasteiger partial charge in [-0.3, -0.25) is 4.99 Å². The molecule has 2 N–H and O–H groups in total. The van der Waals surface area contributed by atoms with Crippen molar-refractivity contribution in [2.45, 2.75) is 40.0 Å². The molecular formula is C15H33IN4. The van der Waals surface area contributed by atoms with Crippen LogP contribution < -0.4 is 10.6 Å². The standard InChI is InChI=1S/C15H32N4.HI/c1-5-8-17-15(16-4)18-10-14-7-6-9-19(12-14)11-13(2)3;/h13-14H,5-12H2,1-4H3,(H2,16,17,18);1H. The van der Waals surface area contributed by atoms with E-state index in [1.54, 1.807) is 0 Å². The van der Waals surface area contributed by atoms with Gasteiger partial charge in [-0.1, -0.05) is 20.8 Å². The maximum Gasteiger partial charge on any atom is 0.190 e. The Labute approximate surface area is 142 Å². The SMILES string of the molecule is CCCNC(=NC)NCC1CCCN(CC(C)C)C1.I. The van der Waals surface area contributed by atoms with Crippen LogP contribution in [0.15, 0.2) is 4.99 Å². The molecule has 0 aromatic heterocycles. The van der Waals surface area contributed by atoms with Crippen molar-refractivity contribution in [1.82, 2.24) is 15.5 Å². The largest absolute Gasteiger partial charge is 0.356 e. The number of halogens is 1. The van der Waals surface area contributed by atoms with E-state index in [-0.39, 0.29) is 24.0 Å². The van der Waals surface area contributed by atoms with Gasteiger partial charge in [-0.05, 0) is 37.6 Å². The molecule has 0 aromatic rings. The Morgan fingerprint density at radius 3 is 2.70 bits per heavy atom. The third kappa shape index (κ3) is 8.29. The second kappa shape index (κ2) is 11.6. The van der Waals surface area contributed by atoms with Crippen LogP contribution in [0.4, 0.5) is 0 Å². The van der Waals surface area contributed by atoms with E-state index in [0.717, 1.165) is 37.3 Å². The molecule has 0 spiro atoms. The average molecular weight is 396 g/mol. The highest BCUT2D eigenvalue weighted by Crippen LogP contribution is 2.16. The fraction of sp³-hybridized carbons (Fsp3) is 0.933. The van der Waals surface area contributed by atoms with E-state index < -0.39 is 0 Å². The van der Waals surface area contributed by atoms with E-state index in [4.69, 9.17) is 0 Å². The summed E-state index contributed by atoms with van der Waals surface area (Å²) in [6.45, 7) is 12.6. The predicted molar refractivity (Wildman–Crippen MR) is 99.1 cm³/mol. The molecule has 0 saturated carbocycles. The molecule has 4 nitrogen and oxygen atoms in total. The summed E-state index contributed by atoms with van der Waals surface area (Å²) in [6, 6.07) is 0. The first-order valence-corrected chi connectivity index (χ1v) is 7.82. The molecule has 1 aliphatic heterocycles. The highest BCUT2D eigenvalue weighted by molar-refractivity contribution is 14.0. The van der Waals surface area contributed by atoms with Gasteiger partial charge in [0.15, 0.2) is 5.96 Å². The van der Waals surface area contributed by atoms with Crippen LogP contribution in [0.5, 0.6) is 0 Å². The van der Waals surface area contributed by atoms with Crippen molar-refractivity contribution < 1.29 is 0 Å². The number of likely N-dealkylation sites (tertiary alicyclic amines) is 1. The van der Waals surface area contributed by atoms with Crippen molar-refractivity contribution in [3.05, 3.63) is 0 Å². The monoisotopic (exact) mass is 396 g/mol. The molecule has 1 heterocycles. The zero-order chi connectivity index (χ0) is 14.1. The molecule has 1 rings (SSSR count). The van der Waals surface area contributed by atoms with Gasteiger partial charge in [-0.25, -0.2) is 0 Å². The number of piperidine rings is 1. The lowest BCUT2D eigenvalue weighted by Gasteiger charge is -2.34. The summed E-state index contributed by atoms with van der Waals surface area (Å²) >= 11 is 0. The lowest BCUT2D eigenvalue weighted by Crippen LogP contribution is -2.45. The van der Waals surface area contributed by atoms with E-state index in [1.165, 1.54) is 32.5 Å². The van der Waals surface area contributed by atoms with E-state index in [1.807, 2.05) is 7.05 Å². The third-order valence-electron chi connectivity index (χ3n) is 3.55. The molecule has 0 bridgehead atoms. The Morgan fingerprint density at radius 2 is 2.10 bits per heavy atom. The molecular weight excluding hydrogens is 363 g/mol. The number of nitrogens with zero attached hydrogens (tertiary/aromatic N) is 2. The third-order valence-corrected chi connectivity index (χ3v) is 3.55. The highest BCUT2D eigenvalue weighted by atomic mass is 127. The second-order valence-corrected chi connectivity index (χ2v) is 6.04. The van der Waals surface area contributed by atoms with Gasteiger partial charge in [0.2, 0.25) is 0 Å². The Morgan fingerprint density at radius 1 is 1.35 bits per heavy atom. The van der Waals surface area contributed by atoms with Gasteiger partial charge >= 0.3 is 0 Å². The molecule has 5 heteroatoms. The fourth-order valence-corrected chi connectivity index (χ4v) is 2.71. The topological polar surface area (TPSA) is 39.7 Å². The molecule has 1 fully saturated rings. The quantitative estimate of drug-likeness (QED) is 0.412. The molecule has 0 aromatic carbocycles. The van der Waals surface area contributed by atoms with Gasteiger partial charge in [-0.15, -0.1) is 24.0 Å². The van der Waals surface area contributed by atoms with Gasteiger partial charge in [0.1, 0.15) is 0 Å². The van der Waals surface area contributed by atoms with E-state index in [2.05, 4.69) is 41.3 Å². The van der Waals surface area contributed by atoms with Crippen LogP contribution in [0.1, 0.15) is 40.0 Å². The summed E-state index contributed by atoms with van der Waals surface area (Å²) in [4.78, 5) is 6.87. The minimum atomic E-state index is 0. The first kappa shape index (κ1) is 20.0. The summed E-state index contributed by atoms with van der Waals surface area (Å²) in [6.07, 6.45) is 3.80. The van der Waals surface area contributed by atoms with Gasteiger partial charge < -0.3 is 15.5 Å². The smallest absolute Gasteiger partial charge is 0.190 e. The first-order chi connectivity index (χ1) is 9.15. The van der Waals surface area contributed by atoms with Crippen LogP contribution in [-0.2, 0) is 0 Å². The summed E-state index contributed by atoms with van der Waals surface area (Å²) in [7, 11) is 1.84. The Kier molecular flexibility index (Phi) is 11.6. The first-order valence-electron chi connectivity index (χ1n) is 7.82. The average Bonchev–Trinajstić information content (AvgIpc) is 2.38. The predicted octanol–water partition coefficient (Wildman–Crippen LogP) is 2.55. The molecule has 20 heavy (non-hydrogen) atoms.